The Morgan fingerprint density at radius 3 is 2.65 bits per heavy atom. The van der Waals surface area contributed by atoms with Crippen molar-refractivity contribution in [3.8, 4) is 11.3 Å². The molecule has 7 heteroatoms. The Kier molecular flexibility index (Phi) is 5.54. The average molecular weight is 450 g/mol. The van der Waals surface area contributed by atoms with Crippen LogP contribution in [0.2, 0.25) is 0 Å². The minimum Gasteiger partial charge on any atom is -0.293 e. The lowest BCUT2D eigenvalue weighted by atomic mass is 9.90. The lowest BCUT2D eigenvalue weighted by Crippen LogP contribution is -2.08. The van der Waals surface area contributed by atoms with Crippen molar-refractivity contribution >= 4 is 39.1 Å². The number of aromatic nitrogens is 3. The van der Waals surface area contributed by atoms with Crippen LogP contribution in [0.5, 0.6) is 0 Å². The Morgan fingerprint density at radius 1 is 1.06 bits per heavy atom. The van der Waals surface area contributed by atoms with E-state index in [9.17, 15) is 9.18 Å². The molecule has 0 fully saturated rings. The summed E-state index contributed by atoms with van der Waals surface area (Å²) in [7, 11) is 0. The maximum atomic E-state index is 13.3. The summed E-state index contributed by atoms with van der Waals surface area (Å²) in [5.74, 6) is 0.0823. The summed E-state index contributed by atoms with van der Waals surface area (Å²) in [6.45, 7) is 1.94. The number of carbonyl (C=O) groups excluding carboxylic acids is 1. The Morgan fingerprint density at radius 2 is 1.84 bits per heavy atom. The molecule has 2 aromatic carbocycles. The van der Waals surface area contributed by atoms with Crippen LogP contribution in [0, 0.1) is 12.7 Å². The van der Waals surface area contributed by atoms with Gasteiger partial charge in [0.25, 0.3) is 0 Å². The van der Waals surface area contributed by atoms with Crippen LogP contribution in [0.1, 0.15) is 39.3 Å². The maximum Gasteiger partial charge on any atom is 0.173 e. The smallest absolute Gasteiger partial charge is 0.173 e. The van der Waals surface area contributed by atoms with E-state index in [4.69, 9.17) is 0 Å². The van der Waals surface area contributed by atoms with Gasteiger partial charge in [0, 0.05) is 11.1 Å². The third kappa shape index (κ3) is 4.12. The van der Waals surface area contributed by atoms with Gasteiger partial charge in [0.2, 0.25) is 0 Å². The zero-order valence-electron chi connectivity index (χ0n) is 17.0. The minimum atomic E-state index is -0.290. The monoisotopic (exact) mass is 449 g/mol. The molecular weight excluding hydrogens is 429 g/mol. The van der Waals surface area contributed by atoms with E-state index in [0.717, 1.165) is 39.2 Å². The van der Waals surface area contributed by atoms with Gasteiger partial charge in [-0.2, -0.15) is 0 Å². The first-order valence-corrected chi connectivity index (χ1v) is 12.1. The molecule has 0 bridgehead atoms. The first-order chi connectivity index (χ1) is 15.1. The van der Waals surface area contributed by atoms with Crippen molar-refractivity contribution in [3.05, 3.63) is 70.0 Å². The van der Waals surface area contributed by atoms with Gasteiger partial charge < -0.3 is 0 Å². The maximum absolute atomic E-state index is 13.3. The Balaban J connectivity index is 1.40. The minimum absolute atomic E-state index is 0.0860. The zero-order chi connectivity index (χ0) is 21.4. The van der Waals surface area contributed by atoms with Gasteiger partial charge in [0.1, 0.15) is 22.1 Å². The third-order valence-electron chi connectivity index (χ3n) is 5.52. The molecule has 0 unspecified atom stereocenters. The van der Waals surface area contributed by atoms with Crippen molar-refractivity contribution in [3.63, 3.8) is 0 Å². The van der Waals surface area contributed by atoms with Crippen molar-refractivity contribution in [2.75, 3.05) is 5.75 Å². The number of ketones is 1. The van der Waals surface area contributed by atoms with Crippen LogP contribution < -0.4 is 0 Å². The molecular formula is C24H20FN3OS2. The summed E-state index contributed by atoms with van der Waals surface area (Å²) in [6, 6.07) is 12.3. The van der Waals surface area contributed by atoms with Crippen LogP contribution >= 0.6 is 23.1 Å². The summed E-state index contributed by atoms with van der Waals surface area (Å²) in [5, 5.41) is 10.3. The number of Topliss-reactive ketones (excluding diaryl/α,β-unsaturated/α-hetero) is 1. The Hall–Kier alpha value is -2.64. The first kappa shape index (κ1) is 20.3. The standard InChI is InChI=1S/C24H20FN3OS2/c1-14-26-22-23(31-14)21(16-8-10-19(25)11-9-16)27-28-24(22)30-13-20(29)18-7-6-15-4-2-3-5-17(15)12-18/h6-12H,2-5,13H2,1H3. The van der Waals surface area contributed by atoms with Crippen LogP contribution in [-0.2, 0) is 12.8 Å². The van der Waals surface area contributed by atoms with Gasteiger partial charge in [-0.1, -0.05) is 23.9 Å². The van der Waals surface area contributed by atoms with E-state index in [-0.39, 0.29) is 17.4 Å². The van der Waals surface area contributed by atoms with Crippen LogP contribution in [-0.4, -0.2) is 26.7 Å². The molecule has 2 aromatic heterocycles. The summed E-state index contributed by atoms with van der Waals surface area (Å²) < 4.78 is 14.2. The van der Waals surface area contributed by atoms with E-state index < -0.39 is 0 Å². The summed E-state index contributed by atoms with van der Waals surface area (Å²) in [6.07, 6.45) is 4.58. The molecule has 4 nitrogen and oxygen atoms in total. The second-order valence-electron chi connectivity index (χ2n) is 7.67. The topological polar surface area (TPSA) is 55.7 Å². The highest BCUT2D eigenvalue weighted by Crippen LogP contribution is 2.35. The number of nitrogens with zero attached hydrogens (tertiary/aromatic N) is 3. The lowest BCUT2D eigenvalue weighted by Gasteiger charge is -2.16. The molecule has 5 rings (SSSR count). The van der Waals surface area contributed by atoms with Gasteiger partial charge in [0.15, 0.2) is 5.78 Å². The first-order valence-electron chi connectivity index (χ1n) is 10.3. The Bertz CT molecular complexity index is 1280. The second-order valence-corrected chi connectivity index (χ2v) is 9.84. The molecule has 156 valence electrons. The molecule has 0 atom stereocenters. The van der Waals surface area contributed by atoms with Gasteiger partial charge in [0.05, 0.1) is 15.5 Å². The molecule has 2 heterocycles. The quantitative estimate of drug-likeness (QED) is 0.274. The van der Waals surface area contributed by atoms with Gasteiger partial charge in [-0.15, -0.1) is 21.5 Å². The molecule has 0 spiro atoms. The third-order valence-corrected chi connectivity index (χ3v) is 7.45. The number of hydrogen-bond donors (Lipinski definition) is 0. The largest absolute Gasteiger partial charge is 0.293 e. The number of fused-ring (bicyclic) bond motifs is 2. The molecule has 0 aliphatic heterocycles. The van der Waals surface area contributed by atoms with Crippen molar-refractivity contribution in [2.24, 2.45) is 0 Å². The predicted octanol–water partition coefficient (Wildman–Crippen LogP) is 6.05. The van der Waals surface area contributed by atoms with Crippen LogP contribution in [0.4, 0.5) is 4.39 Å². The summed E-state index contributed by atoms with van der Waals surface area (Å²) in [5.41, 5.74) is 5.67. The van der Waals surface area contributed by atoms with Crippen LogP contribution in [0.3, 0.4) is 0 Å². The van der Waals surface area contributed by atoms with Crippen molar-refractivity contribution in [2.45, 2.75) is 37.6 Å². The molecule has 0 radical (unpaired) electrons. The number of hydrogen-bond acceptors (Lipinski definition) is 6. The average Bonchev–Trinajstić information content (AvgIpc) is 3.19. The highest BCUT2D eigenvalue weighted by Gasteiger charge is 2.18. The predicted molar refractivity (Wildman–Crippen MR) is 123 cm³/mol. The van der Waals surface area contributed by atoms with Crippen molar-refractivity contribution < 1.29 is 9.18 Å². The van der Waals surface area contributed by atoms with E-state index in [1.54, 1.807) is 12.1 Å². The molecule has 0 amide bonds. The van der Waals surface area contributed by atoms with Crippen LogP contribution in [0.25, 0.3) is 21.5 Å². The zero-order valence-corrected chi connectivity index (χ0v) is 18.7. The van der Waals surface area contributed by atoms with Crippen molar-refractivity contribution in [1.82, 2.24) is 15.2 Å². The number of carbonyl (C=O) groups is 1. The fourth-order valence-electron chi connectivity index (χ4n) is 3.94. The number of halogens is 1. The molecule has 0 saturated heterocycles. The number of rotatable bonds is 5. The van der Waals surface area contributed by atoms with Gasteiger partial charge >= 0.3 is 0 Å². The normalized spacial score (nSPS) is 13.4. The molecule has 31 heavy (non-hydrogen) atoms. The molecule has 4 aromatic rings. The van der Waals surface area contributed by atoms with Gasteiger partial charge in [-0.25, -0.2) is 9.37 Å². The highest BCUT2D eigenvalue weighted by atomic mass is 32.2. The van der Waals surface area contributed by atoms with Gasteiger partial charge in [-0.3, -0.25) is 4.79 Å². The lowest BCUT2D eigenvalue weighted by molar-refractivity contribution is 0.102. The Labute approximate surface area is 187 Å². The molecule has 1 aliphatic carbocycles. The molecule has 0 saturated carbocycles. The number of benzene rings is 2. The van der Waals surface area contributed by atoms with E-state index >= 15 is 0 Å². The molecule has 1 aliphatic rings. The number of aryl methyl sites for hydroxylation is 3. The number of thioether (sulfide) groups is 1. The second kappa shape index (κ2) is 8.48. The molecule has 0 N–H and O–H groups in total. The SMILES string of the molecule is Cc1nc2c(SCC(=O)c3ccc4c(c3)CCCC4)nnc(-c3ccc(F)cc3)c2s1. The van der Waals surface area contributed by atoms with E-state index in [2.05, 4.69) is 27.3 Å². The summed E-state index contributed by atoms with van der Waals surface area (Å²) in [4.78, 5) is 17.5. The van der Waals surface area contributed by atoms with Gasteiger partial charge in [-0.05, 0) is 74.1 Å². The van der Waals surface area contributed by atoms with E-state index in [1.165, 1.54) is 59.2 Å². The highest BCUT2D eigenvalue weighted by molar-refractivity contribution is 8.00. The fourth-order valence-corrected chi connectivity index (χ4v) is 5.75. The van der Waals surface area contributed by atoms with E-state index in [1.807, 2.05) is 13.0 Å². The number of thiazole rings is 1. The van der Waals surface area contributed by atoms with E-state index in [0.29, 0.717) is 10.7 Å². The fraction of sp³-hybridized carbons (Fsp3) is 0.250. The summed E-state index contributed by atoms with van der Waals surface area (Å²) >= 11 is 2.90. The van der Waals surface area contributed by atoms with Crippen LogP contribution in [0.15, 0.2) is 47.5 Å². The van der Waals surface area contributed by atoms with Crippen molar-refractivity contribution in [1.29, 1.82) is 0 Å².